The Bertz CT molecular complexity index is 751. The van der Waals surface area contributed by atoms with Gasteiger partial charge in [0.05, 0.1) is 19.1 Å². The van der Waals surface area contributed by atoms with Crippen molar-refractivity contribution in [1.29, 1.82) is 0 Å². The molecule has 146 valence electrons. The zero-order chi connectivity index (χ0) is 19.8. The van der Waals surface area contributed by atoms with Gasteiger partial charge in [0.2, 0.25) is 11.8 Å². The van der Waals surface area contributed by atoms with Crippen molar-refractivity contribution in [2.75, 3.05) is 13.2 Å². The molecular formula is C17H24N6O4. The standard InChI is InChI=1S/C17H24N6O4/c1-2-23(9-11-6-4-3-5-7-11)17(26)20-13(8-14(19)25)16-21-15(22-27-16)12(18)10-24/h3-7,12-13,24H,2,8-10,18H2,1H3,(H2,19,25)(H,20,26). The number of primary amides is 1. The molecule has 2 atom stereocenters. The van der Waals surface area contributed by atoms with E-state index in [1.54, 1.807) is 4.90 Å². The smallest absolute Gasteiger partial charge is 0.318 e. The fourth-order valence-corrected chi connectivity index (χ4v) is 2.39. The Morgan fingerprint density at radius 2 is 2.04 bits per heavy atom. The lowest BCUT2D eigenvalue weighted by atomic mass is 10.2. The molecule has 1 aromatic heterocycles. The van der Waals surface area contributed by atoms with E-state index in [4.69, 9.17) is 21.1 Å². The van der Waals surface area contributed by atoms with E-state index < -0.39 is 24.0 Å². The Balaban J connectivity index is 2.12. The highest BCUT2D eigenvalue weighted by molar-refractivity contribution is 5.78. The van der Waals surface area contributed by atoms with Gasteiger partial charge in [-0.15, -0.1) is 0 Å². The first-order valence-electron chi connectivity index (χ1n) is 8.52. The van der Waals surface area contributed by atoms with Gasteiger partial charge in [0.25, 0.3) is 0 Å². The molecular weight excluding hydrogens is 352 g/mol. The van der Waals surface area contributed by atoms with E-state index in [0.717, 1.165) is 5.56 Å². The monoisotopic (exact) mass is 376 g/mol. The molecule has 10 nitrogen and oxygen atoms in total. The average Bonchev–Trinajstić information content (AvgIpc) is 3.15. The van der Waals surface area contributed by atoms with Crippen LogP contribution in [0, 0.1) is 0 Å². The summed E-state index contributed by atoms with van der Waals surface area (Å²) in [5.74, 6) is -0.567. The molecule has 0 bridgehead atoms. The summed E-state index contributed by atoms with van der Waals surface area (Å²) < 4.78 is 5.09. The highest BCUT2D eigenvalue weighted by Gasteiger charge is 2.26. The predicted octanol–water partition coefficient (Wildman–Crippen LogP) is 0.210. The van der Waals surface area contributed by atoms with Crippen LogP contribution in [-0.4, -0.2) is 45.2 Å². The van der Waals surface area contributed by atoms with Crippen LogP contribution in [0.15, 0.2) is 34.9 Å². The number of nitrogens with one attached hydrogen (secondary N) is 1. The van der Waals surface area contributed by atoms with Crippen molar-refractivity contribution >= 4 is 11.9 Å². The first kappa shape index (κ1) is 20.3. The Hall–Kier alpha value is -2.98. The van der Waals surface area contributed by atoms with Crippen molar-refractivity contribution in [3.63, 3.8) is 0 Å². The Morgan fingerprint density at radius 3 is 2.63 bits per heavy atom. The molecule has 2 aromatic rings. The predicted molar refractivity (Wildman–Crippen MR) is 95.9 cm³/mol. The minimum atomic E-state index is -0.896. The van der Waals surface area contributed by atoms with Gasteiger partial charge < -0.3 is 31.3 Å². The van der Waals surface area contributed by atoms with Crippen molar-refractivity contribution < 1.29 is 19.2 Å². The van der Waals surface area contributed by atoms with Crippen LogP contribution in [0.2, 0.25) is 0 Å². The minimum Gasteiger partial charge on any atom is -0.394 e. The molecule has 1 heterocycles. The fourth-order valence-electron chi connectivity index (χ4n) is 2.39. The normalized spacial score (nSPS) is 13.0. The van der Waals surface area contributed by atoms with Gasteiger partial charge in [-0.05, 0) is 12.5 Å². The van der Waals surface area contributed by atoms with Crippen LogP contribution >= 0.6 is 0 Å². The number of aromatic nitrogens is 2. The number of hydrogen-bond acceptors (Lipinski definition) is 7. The van der Waals surface area contributed by atoms with Crippen molar-refractivity contribution in [3.8, 4) is 0 Å². The van der Waals surface area contributed by atoms with E-state index >= 15 is 0 Å². The fraction of sp³-hybridized carbons (Fsp3) is 0.412. The summed E-state index contributed by atoms with van der Waals surface area (Å²) in [7, 11) is 0. The summed E-state index contributed by atoms with van der Waals surface area (Å²) in [6.45, 7) is 2.33. The molecule has 0 spiro atoms. The number of rotatable bonds is 9. The van der Waals surface area contributed by atoms with E-state index in [2.05, 4.69) is 15.5 Å². The van der Waals surface area contributed by atoms with Crippen molar-refractivity contribution in [1.82, 2.24) is 20.4 Å². The number of nitrogens with two attached hydrogens (primary N) is 2. The zero-order valence-electron chi connectivity index (χ0n) is 15.0. The number of aliphatic hydroxyl groups is 1. The van der Waals surface area contributed by atoms with Gasteiger partial charge in [-0.25, -0.2) is 4.79 Å². The lowest BCUT2D eigenvalue weighted by Gasteiger charge is -2.24. The summed E-state index contributed by atoms with van der Waals surface area (Å²) in [5.41, 5.74) is 11.9. The molecule has 2 unspecified atom stereocenters. The topological polar surface area (TPSA) is 161 Å². The van der Waals surface area contributed by atoms with Gasteiger partial charge in [-0.3, -0.25) is 4.79 Å². The molecule has 10 heteroatoms. The second-order valence-corrected chi connectivity index (χ2v) is 5.95. The first-order valence-corrected chi connectivity index (χ1v) is 8.52. The quantitative estimate of drug-likeness (QED) is 0.486. The lowest BCUT2D eigenvalue weighted by Crippen LogP contribution is -2.42. The Morgan fingerprint density at radius 1 is 1.33 bits per heavy atom. The Kier molecular flexibility index (Phi) is 7.26. The average molecular weight is 376 g/mol. The SMILES string of the molecule is CCN(Cc1ccccc1)C(=O)NC(CC(N)=O)c1nc(C(N)CO)no1. The van der Waals surface area contributed by atoms with Crippen molar-refractivity contribution in [3.05, 3.63) is 47.6 Å². The van der Waals surface area contributed by atoms with Crippen LogP contribution in [0.3, 0.4) is 0 Å². The van der Waals surface area contributed by atoms with Gasteiger partial charge in [0, 0.05) is 13.1 Å². The number of carbonyl (C=O) groups excluding carboxylic acids is 2. The second kappa shape index (κ2) is 9.64. The number of hydrogen-bond donors (Lipinski definition) is 4. The molecule has 6 N–H and O–H groups in total. The third kappa shape index (κ3) is 5.76. The van der Waals surface area contributed by atoms with E-state index in [0.29, 0.717) is 13.1 Å². The molecule has 3 amide bonds. The summed E-state index contributed by atoms with van der Waals surface area (Å²) >= 11 is 0. The van der Waals surface area contributed by atoms with Crippen LogP contribution in [0.5, 0.6) is 0 Å². The molecule has 0 fully saturated rings. The summed E-state index contributed by atoms with van der Waals surface area (Å²) in [6.07, 6.45) is -0.218. The minimum absolute atomic E-state index is 0.00295. The van der Waals surface area contributed by atoms with Crippen LogP contribution in [0.1, 0.15) is 42.7 Å². The number of nitrogens with zero attached hydrogens (tertiary/aromatic N) is 3. The largest absolute Gasteiger partial charge is 0.394 e. The van der Waals surface area contributed by atoms with E-state index in [1.165, 1.54) is 0 Å². The van der Waals surface area contributed by atoms with Crippen LogP contribution in [0.25, 0.3) is 0 Å². The third-order valence-electron chi connectivity index (χ3n) is 3.87. The number of urea groups is 1. The first-order chi connectivity index (χ1) is 12.9. The van der Waals surface area contributed by atoms with Gasteiger partial charge >= 0.3 is 6.03 Å². The van der Waals surface area contributed by atoms with E-state index in [9.17, 15) is 9.59 Å². The molecule has 0 aliphatic carbocycles. The molecule has 2 rings (SSSR count). The second-order valence-electron chi connectivity index (χ2n) is 5.95. The maximum atomic E-state index is 12.6. The van der Waals surface area contributed by atoms with Crippen LogP contribution in [0.4, 0.5) is 4.79 Å². The highest BCUT2D eigenvalue weighted by Crippen LogP contribution is 2.17. The highest BCUT2D eigenvalue weighted by atomic mass is 16.5. The zero-order valence-corrected chi connectivity index (χ0v) is 15.0. The summed E-state index contributed by atoms with van der Waals surface area (Å²) in [4.78, 5) is 29.7. The van der Waals surface area contributed by atoms with Crippen molar-refractivity contribution in [2.45, 2.75) is 32.0 Å². The summed E-state index contributed by atoms with van der Waals surface area (Å²) in [6, 6.07) is 7.38. The van der Waals surface area contributed by atoms with Crippen LogP contribution in [-0.2, 0) is 11.3 Å². The van der Waals surface area contributed by atoms with Gasteiger partial charge in [-0.2, -0.15) is 4.98 Å². The number of carbonyl (C=O) groups is 2. The number of benzene rings is 1. The summed E-state index contributed by atoms with van der Waals surface area (Å²) in [5, 5.41) is 15.4. The molecule has 0 saturated heterocycles. The van der Waals surface area contributed by atoms with Gasteiger partial charge in [0.1, 0.15) is 6.04 Å². The molecule has 0 saturated carbocycles. The molecule has 1 aromatic carbocycles. The van der Waals surface area contributed by atoms with Crippen LogP contribution < -0.4 is 16.8 Å². The maximum absolute atomic E-state index is 12.6. The number of aliphatic hydroxyl groups excluding tert-OH is 1. The third-order valence-corrected chi connectivity index (χ3v) is 3.87. The van der Waals surface area contributed by atoms with E-state index in [1.807, 2.05) is 37.3 Å². The van der Waals surface area contributed by atoms with Gasteiger partial charge in [-0.1, -0.05) is 35.5 Å². The molecule has 27 heavy (non-hydrogen) atoms. The van der Waals surface area contributed by atoms with E-state index in [-0.39, 0.29) is 24.7 Å². The van der Waals surface area contributed by atoms with Gasteiger partial charge in [0.15, 0.2) is 5.82 Å². The Labute approximate surface area is 156 Å². The molecule has 0 aliphatic heterocycles. The molecule has 0 aliphatic rings. The maximum Gasteiger partial charge on any atom is 0.318 e. The lowest BCUT2D eigenvalue weighted by molar-refractivity contribution is -0.118. The number of amides is 3. The van der Waals surface area contributed by atoms with Crippen molar-refractivity contribution in [2.24, 2.45) is 11.5 Å². The molecule has 0 radical (unpaired) electrons.